The van der Waals surface area contributed by atoms with Crippen molar-refractivity contribution in [1.82, 2.24) is 19.8 Å². The molecule has 4 heterocycles. The first-order valence-electron chi connectivity index (χ1n) is 12.4. The Hall–Kier alpha value is -3.39. The van der Waals surface area contributed by atoms with E-state index in [9.17, 15) is 5.11 Å². The highest BCUT2D eigenvalue weighted by molar-refractivity contribution is 5.88. The molecular formula is C29H32N4O3. The van der Waals surface area contributed by atoms with Crippen molar-refractivity contribution in [3.05, 3.63) is 89.4 Å². The van der Waals surface area contributed by atoms with Crippen molar-refractivity contribution < 1.29 is 14.6 Å². The number of hydrogen-bond donors (Lipinski definition) is 2. The van der Waals surface area contributed by atoms with E-state index in [1.54, 1.807) is 14.2 Å². The standard InChI is InChI=1S/C29H32N4O3/c1-35-22-8-5-6-20(12-22)14-33-19-29(17-32(18-29)15-21-7-3-4-11-30-21)27-24-10-9-23(36-2)13-25(24)31-28(27)26(33)16-34/h3-13,26,31,34H,14-19H2,1-2H3/t26-/m0/s1. The summed E-state index contributed by atoms with van der Waals surface area (Å²) in [7, 11) is 3.39. The van der Waals surface area contributed by atoms with Crippen molar-refractivity contribution in [3.63, 3.8) is 0 Å². The summed E-state index contributed by atoms with van der Waals surface area (Å²) in [5, 5.41) is 11.8. The molecule has 7 heteroatoms. The number of ether oxygens (including phenoxy) is 2. The third kappa shape index (κ3) is 3.93. The first kappa shape index (κ1) is 23.0. The lowest BCUT2D eigenvalue weighted by Crippen LogP contribution is -2.65. The number of rotatable bonds is 7. The Morgan fingerprint density at radius 1 is 0.972 bits per heavy atom. The van der Waals surface area contributed by atoms with Crippen LogP contribution in [0, 0.1) is 0 Å². The zero-order valence-electron chi connectivity index (χ0n) is 20.8. The van der Waals surface area contributed by atoms with Crippen LogP contribution in [-0.2, 0) is 18.5 Å². The molecule has 2 aliphatic rings. The van der Waals surface area contributed by atoms with Crippen LogP contribution in [0.2, 0.25) is 0 Å². The molecule has 2 aromatic heterocycles. The van der Waals surface area contributed by atoms with E-state index in [4.69, 9.17) is 9.47 Å². The third-order valence-electron chi connectivity index (χ3n) is 7.70. The highest BCUT2D eigenvalue weighted by Gasteiger charge is 2.52. The number of likely N-dealkylation sites (tertiary alicyclic amines) is 1. The largest absolute Gasteiger partial charge is 0.497 e. The highest BCUT2D eigenvalue weighted by atomic mass is 16.5. The van der Waals surface area contributed by atoms with Crippen LogP contribution in [0.5, 0.6) is 11.5 Å². The van der Waals surface area contributed by atoms with Gasteiger partial charge in [-0.3, -0.25) is 14.8 Å². The van der Waals surface area contributed by atoms with E-state index in [0.717, 1.165) is 61.1 Å². The number of pyridine rings is 1. The Morgan fingerprint density at radius 3 is 2.56 bits per heavy atom. The smallest absolute Gasteiger partial charge is 0.120 e. The van der Waals surface area contributed by atoms with Gasteiger partial charge in [0.2, 0.25) is 0 Å². The summed E-state index contributed by atoms with van der Waals surface area (Å²) >= 11 is 0. The first-order valence-corrected chi connectivity index (χ1v) is 12.4. The van der Waals surface area contributed by atoms with Gasteiger partial charge in [0.25, 0.3) is 0 Å². The number of fused-ring (bicyclic) bond motifs is 4. The van der Waals surface area contributed by atoms with Gasteiger partial charge in [0, 0.05) is 67.0 Å². The fourth-order valence-electron chi connectivity index (χ4n) is 6.18. The van der Waals surface area contributed by atoms with Gasteiger partial charge in [-0.25, -0.2) is 0 Å². The predicted octanol–water partition coefficient (Wildman–Crippen LogP) is 3.88. The van der Waals surface area contributed by atoms with Crippen molar-refractivity contribution in [3.8, 4) is 11.5 Å². The molecule has 2 N–H and O–H groups in total. The molecular weight excluding hydrogens is 452 g/mol. The summed E-state index contributed by atoms with van der Waals surface area (Å²) in [6.45, 7) is 4.40. The average molecular weight is 485 g/mol. The molecule has 0 radical (unpaired) electrons. The van der Waals surface area contributed by atoms with E-state index in [-0.39, 0.29) is 18.1 Å². The van der Waals surface area contributed by atoms with Gasteiger partial charge in [-0.2, -0.15) is 0 Å². The molecule has 0 bridgehead atoms. The van der Waals surface area contributed by atoms with E-state index in [1.165, 1.54) is 16.5 Å². The van der Waals surface area contributed by atoms with Crippen LogP contribution in [0.1, 0.15) is 28.6 Å². The maximum absolute atomic E-state index is 10.6. The van der Waals surface area contributed by atoms with E-state index >= 15 is 0 Å². The van der Waals surface area contributed by atoms with Gasteiger partial charge in [-0.15, -0.1) is 0 Å². The molecule has 0 aliphatic carbocycles. The highest BCUT2D eigenvalue weighted by Crippen LogP contribution is 2.49. The van der Waals surface area contributed by atoms with Gasteiger partial charge in [0.15, 0.2) is 0 Å². The Morgan fingerprint density at radius 2 is 1.81 bits per heavy atom. The first-order chi connectivity index (χ1) is 17.6. The van der Waals surface area contributed by atoms with E-state index in [1.807, 2.05) is 36.5 Å². The molecule has 7 nitrogen and oxygen atoms in total. The van der Waals surface area contributed by atoms with Crippen molar-refractivity contribution in [2.75, 3.05) is 40.5 Å². The average Bonchev–Trinajstić information content (AvgIpc) is 3.27. The monoisotopic (exact) mass is 484 g/mol. The second-order valence-corrected chi connectivity index (χ2v) is 10.0. The lowest BCUT2D eigenvalue weighted by Gasteiger charge is -2.56. The van der Waals surface area contributed by atoms with Crippen LogP contribution in [0.3, 0.4) is 0 Å². The molecule has 186 valence electrons. The topological polar surface area (TPSA) is 73.9 Å². The molecule has 0 amide bonds. The lowest BCUT2D eigenvalue weighted by molar-refractivity contribution is -0.0124. The van der Waals surface area contributed by atoms with E-state index in [2.05, 4.69) is 50.1 Å². The number of nitrogens with zero attached hydrogens (tertiary/aromatic N) is 3. The fraction of sp³-hybridized carbons (Fsp3) is 0.345. The number of aromatic nitrogens is 2. The van der Waals surface area contributed by atoms with Crippen LogP contribution in [0.4, 0.5) is 0 Å². The molecule has 36 heavy (non-hydrogen) atoms. The second kappa shape index (κ2) is 9.24. The Kier molecular flexibility index (Phi) is 5.91. The van der Waals surface area contributed by atoms with Gasteiger partial charge in [-0.05, 0) is 47.5 Å². The number of aliphatic hydroxyl groups is 1. The number of hydrogen-bond acceptors (Lipinski definition) is 6. The van der Waals surface area contributed by atoms with Crippen molar-refractivity contribution in [2.45, 2.75) is 24.5 Å². The molecule has 0 saturated carbocycles. The number of aromatic amines is 1. The zero-order chi connectivity index (χ0) is 24.7. The lowest BCUT2D eigenvalue weighted by atomic mass is 9.68. The third-order valence-corrected chi connectivity index (χ3v) is 7.70. The number of methoxy groups -OCH3 is 2. The zero-order valence-corrected chi connectivity index (χ0v) is 20.8. The molecule has 1 spiro atoms. The normalized spacial score (nSPS) is 19.2. The summed E-state index contributed by atoms with van der Waals surface area (Å²) in [4.78, 5) is 13.1. The summed E-state index contributed by atoms with van der Waals surface area (Å²) in [6, 6.07) is 20.5. The molecule has 4 aromatic rings. The molecule has 0 unspecified atom stereocenters. The summed E-state index contributed by atoms with van der Waals surface area (Å²) in [5.74, 6) is 1.68. The molecule has 2 aromatic carbocycles. The van der Waals surface area contributed by atoms with Crippen LogP contribution < -0.4 is 9.47 Å². The maximum atomic E-state index is 10.6. The SMILES string of the molecule is COc1cccc(CN2CC3(CN(Cc4ccccn4)C3)c3c([nH]c4cc(OC)ccc34)[C@@H]2CO)c1. The molecule has 1 fully saturated rings. The summed E-state index contributed by atoms with van der Waals surface area (Å²) in [6.07, 6.45) is 1.86. The van der Waals surface area contributed by atoms with E-state index in [0.29, 0.717) is 0 Å². The van der Waals surface area contributed by atoms with Crippen LogP contribution in [0.25, 0.3) is 10.9 Å². The summed E-state index contributed by atoms with van der Waals surface area (Å²) in [5.41, 5.74) is 5.76. The molecule has 2 aliphatic heterocycles. The van der Waals surface area contributed by atoms with Crippen molar-refractivity contribution in [1.29, 1.82) is 0 Å². The Labute approximate surface area is 211 Å². The summed E-state index contributed by atoms with van der Waals surface area (Å²) < 4.78 is 11.0. The quantitative estimate of drug-likeness (QED) is 0.415. The minimum Gasteiger partial charge on any atom is -0.497 e. The minimum absolute atomic E-state index is 0.0263. The van der Waals surface area contributed by atoms with Gasteiger partial charge < -0.3 is 19.6 Å². The van der Waals surface area contributed by atoms with Gasteiger partial charge >= 0.3 is 0 Å². The fourth-order valence-corrected chi connectivity index (χ4v) is 6.18. The molecule has 1 atom stereocenters. The minimum atomic E-state index is -0.111. The Bertz CT molecular complexity index is 1360. The number of aliphatic hydroxyl groups excluding tert-OH is 1. The van der Waals surface area contributed by atoms with Crippen LogP contribution >= 0.6 is 0 Å². The van der Waals surface area contributed by atoms with Crippen molar-refractivity contribution >= 4 is 10.9 Å². The molecule has 1 saturated heterocycles. The number of benzene rings is 2. The number of H-pyrrole nitrogens is 1. The maximum Gasteiger partial charge on any atom is 0.120 e. The van der Waals surface area contributed by atoms with E-state index < -0.39 is 0 Å². The second-order valence-electron chi connectivity index (χ2n) is 10.0. The van der Waals surface area contributed by atoms with Crippen LogP contribution in [0.15, 0.2) is 66.9 Å². The van der Waals surface area contributed by atoms with Gasteiger partial charge in [-0.1, -0.05) is 18.2 Å². The van der Waals surface area contributed by atoms with Crippen molar-refractivity contribution in [2.24, 2.45) is 0 Å². The molecule has 6 rings (SSSR count). The van der Waals surface area contributed by atoms with Gasteiger partial charge in [0.05, 0.1) is 32.6 Å². The predicted molar refractivity (Wildman–Crippen MR) is 139 cm³/mol. The van der Waals surface area contributed by atoms with Crippen LogP contribution in [-0.4, -0.2) is 65.3 Å². The van der Waals surface area contributed by atoms with Gasteiger partial charge in [0.1, 0.15) is 11.5 Å². The Balaban J connectivity index is 1.38. The number of nitrogens with one attached hydrogen (secondary N) is 1.